The SMILES string of the molecule is COc1cc(C(CC(=O)NCCCCCc2nnc3ccccn23)c2c(O)cc3c(c2O)C(=O)O[C@@H](C)CCCC(=O)CCCC=C3)cc(OC)c1OC. The van der Waals surface area contributed by atoms with E-state index >= 15 is 0 Å². The largest absolute Gasteiger partial charge is 0.507 e. The van der Waals surface area contributed by atoms with Gasteiger partial charge in [0.15, 0.2) is 17.1 Å². The summed E-state index contributed by atoms with van der Waals surface area (Å²) in [6.45, 7) is 2.14. The van der Waals surface area contributed by atoms with Crippen molar-refractivity contribution in [1.82, 2.24) is 19.9 Å². The third kappa shape index (κ3) is 9.68. The van der Waals surface area contributed by atoms with E-state index in [0.29, 0.717) is 67.9 Å². The summed E-state index contributed by atoms with van der Waals surface area (Å²) in [6, 6.07) is 10.5. The molecular formula is C41H50N4O9. The summed E-state index contributed by atoms with van der Waals surface area (Å²) in [6.07, 6.45) is 10.9. The number of hydrogen-bond donors (Lipinski definition) is 3. The van der Waals surface area contributed by atoms with E-state index in [1.807, 2.05) is 28.8 Å². The number of amides is 1. The van der Waals surface area contributed by atoms with E-state index in [0.717, 1.165) is 37.2 Å². The van der Waals surface area contributed by atoms with Gasteiger partial charge in [-0.25, -0.2) is 4.79 Å². The van der Waals surface area contributed by atoms with Crippen LogP contribution in [0, 0.1) is 0 Å². The molecule has 0 saturated carbocycles. The number of carbonyl (C=O) groups excluding carboxylic acids is 3. The molecule has 0 radical (unpaired) electrons. The molecule has 13 heteroatoms. The van der Waals surface area contributed by atoms with Crippen LogP contribution in [0.5, 0.6) is 28.7 Å². The summed E-state index contributed by atoms with van der Waals surface area (Å²) >= 11 is 0. The van der Waals surface area contributed by atoms with Gasteiger partial charge in [-0.1, -0.05) is 24.6 Å². The molecule has 1 amide bonds. The van der Waals surface area contributed by atoms with Crippen LogP contribution < -0.4 is 19.5 Å². The molecule has 5 rings (SSSR count). The Morgan fingerprint density at radius 3 is 2.50 bits per heavy atom. The van der Waals surface area contributed by atoms with E-state index in [9.17, 15) is 24.6 Å². The Morgan fingerprint density at radius 2 is 1.76 bits per heavy atom. The van der Waals surface area contributed by atoms with Gasteiger partial charge in [0.1, 0.15) is 28.7 Å². The van der Waals surface area contributed by atoms with Crippen molar-refractivity contribution in [2.75, 3.05) is 27.9 Å². The van der Waals surface area contributed by atoms with Crippen LogP contribution in [-0.2, 0) is 20.7 Å². The van der Waals surface area contributed by atoms with E-state index in [1.165, 1.54) is 27.4 Å². The smallest absolute Gasteiger partial charge is 0.342 e. The molecule has 0 spiro atoms. The van der Waals surface area contributed by atoms with Crippen LogP contribution in [0.4, 0.5) is 0 Å². The molecule has 13 nitrogen and oxygen atoms in total. The van der Waals surface area contributed by atoms with Gasteiger partial charge in [0.2, 0.25) is 11.7 Å². The van der Waals surface area contributed by atoms with Crippen molar-refractivity contribution >= 4 is 29.4 Å². The highest BCUT2D eigenvalue weighted by Crippen LogP contribution is 2.47. The predicted molar refractivity (Wildman–Crippen MR) is 203 cm³/mol. The van der Waals surface area contributed by atoms with E-state index < -0.39 is 23.7 Å². The first-order valence-electron chi connectivity index (χ1n) is 18.5. The molecule has 288 valence electrons. The average Bonchev–Trinajstić information content (AvgIpc) is 3.57. The normalized spacial score (nSPS) is 15.9. The Labute approximate surface area is 315 Å². The van der Waals surface area contributed by atoms with Gasteiger partial charge in [-0.2, -0.15) is 0 Å². The number of allylic oxidation sites excluding steroid dienone is 1. The summed E-state index contributed by atoms with van der Waals surface area (Å²) in [5.74, 6) is -0.896. The number of Topliss-reactive ketones (excluding diaryl/α,β-unsaturated/α-hetero) is 1. The van der Waals surface area contributed by atoms with Crippen LogP contribution in [0.2, 0.25) is 0 Å². The van der Waals surface area contributed by atoms with Crippen LogP contribution in [0.15, 0.2) is 48.7 Å². The molecule has 0 aliphatic carbocycles. The Hall–Kier alpha value is -5.59. The molecule has 1 aliphatic rings. The van der Waals surface area contributed by atoms with Crippen LogP contribution in [0.1, 0.15) is 110 Å². The molecule has 54 heavy (non-hydrogen) atoms. The van der Waals surface area contributed by atoms with Crippen molar-refractivity contribution in [2.45, 2.75) is 89.6 Å². The lowest BCUT2D eigenvalue weighted by atomic mass is 9.84. The number of hydrogen-bond acceptors (Lipinski definition) is 11. The Balaban J connectivity index is 1.42. The molecule has 3 heterocycles. The number of aryl methyl sites for hydroxylation is 1. The molecule has 0 bridgehead atoms. The maximum atomic E-state index is 13.8. The van der Waals surface area contributed by atoms with Crippen molar-refractivity contribution in [3.8, 4) is 28.7 Å². The number of cyclic esters (lactones) is 1. The predicted octanol–water partition coefficient (Wildman–Crippen LogP) is 6.70. The highest BCUT2D eigenvalue weighted by Gasteiger charge is 2.32. The Morgan fingerprint density at radius 1 is 1.00 bits per heavy atom. The second-order valence-electron chi connectivity index (χ2n) is 13.5. The molecule has 1 aliphatic heterocycles. The van der Waals surface area contributed by atoms with Gasteiger partial charge in [-0.15, -0.1) is 10.2 Å². The summed E-state index contributed by atoms with van der Waals surface area (Å²) in [4.78, 5) is 39.6. The number of ether oxygens (including phenoxy) is 4. The number of benzene rings is 2. The number of methoxy groups -OCH3 is 3. The lowest BCUT2D eigenvalue weighted by Gasteiger charge is -2.24. The lowest BCUT2D eigenvalue weighted by Crippen LogP contribution is -2.26. The molecule has 2 aromatic carbocycles. The highest BCUT2D eigenvalue weighted by molar-refractivity contribution is 5.98. The second kappa shape index (κ2) is 18.9. The molecule has 4 aromatic rings. The highest BCUT2D eigenvalue weighted by atomic mass is 16.5. The topological polar surface area (TPSA) is 171 Å². The molecular weight excluding hydrogens is 692 g/mol. The van der Waals surface area contributed by atoms with Gasteiger partial charge in [0, 0.05) is 49.9 Å². The zero-order valence-corrected chi connectivity index (χ0v) is 31.4. The number of nitrogens with one attached hydrogen (secondary N) is 1. The monoisotopic (exact) mass is 742 g/mol. The number of aromatic nitrogens is 3. The fourth-order valence-corrected chi connectivity index (χ4v) is 6.84. The van der Waals surface area contributed by atoms with Gasteiger partial charge < -0.3 is 34.5 Å². The maximum absolute atomic E-state index is 13.8. The average molecular weight is 743 g/mol. The van der Waals surface area contributed by atoms with Crippen molar-refractivity contribution < 1.29 is 43.5 Å². The minimum absolute atomic E-state index is 0.0246. The zero-order chi connectivity index (χ0) is 38.6. The number of fused-ring (bicyclic) bond motifs is 2. The lowest BCUT2D eigenvalue weighted by molar-refractivity contribution is -0.121. The van der Waals surface area contributed by atoms with Crippen molar-refractivity contribution in [3.05, 3.63) is 76.7 Å². The van der Waals surface area contributed by atoms with E-state index in [2.05, 4.69) is 15.5 Å². The van der Waals surface area contributed by atoms with Gasteiger partial charge in [0.05, 0.1) is 27.4 Å². The molecule has 1 unspecified atom stereocenters. The molecule has 2 atom stereocenters. The summed E-state index contributed by atoms with van der Waals surface area (Å²) in [7, 11) is 4.41. The van der Waals surface area contributed by atoms with Gasteiger partial charge in [-0.05, 0) is 86.9 Å². The minimum Gasteiger partial charge on any atom is -0.507 e. The quantitative estimate of drug-likeness (QED) is 0.0984. The first-order chi connectivity index (χ1) is 26.1. The second-order valence-corrected chi connectivity index (χ2v) is 13.5. The molecule has 2 aromatic heterocycles. The van der Waals surface area contributed by atoms with Crippen molar-refractivity contribution in [2.24, 2.45) is 0 Å². The number of unbranched alkanes of at least 4 members (excludes halogenated alkanes) is 2. The molecule has 0 fully saturated rings. The summed E-state index contributed by atoms with van der Waals surface area (Å²) in [5, 5.41) is 35.0. The number of rotatable bonds is 13. The zero-order valence-electron chi connectivity index (χ0n) is 31.4. The third-order valence-corrected chi connectivity index (χ3v) is 9.66. The fraction of sp³-hybridized carbons (Fsp3) is 0.439. The van der Waals surface area contributed by atoms with Crippen LogP contribution >= 0.6 is 0 Å². The number of nitrogens with zero attached hydrogens (tertiary/aromatic N) is 3. The van der Waals surface area contributed by atoms with Gasteiger partial charge >= 0.3 is 5.97 Å². The van der Waals surface area contributed by atoms with Crippen molar-refractivity contribution in [3.63, 3.8) is 0 Å². The summed E-state index contributed by atoms with van der Waals surface area (Å²) in [5.41, 5.74) is 1.36. The Bertz CT molecular complexity index is 1950. The number of phenols is 2. The number of ketones is 1. The van der Waals surface area contributed by atoms with Crippen LogP contribution in [0.3, 0.4) is 0 Å². The van der Waals surface area contributed by atoms with Gasteiger partial charge in [-0.3, -0.25) is 14.0 Å². The third-order valence-electron chi connectivity index (χ3n) is 9.66. The van der Waals surface area contributed by atoms with Crippen LogP contribution in [-0.4, -0.2) is 76.4 Å². The molecule has 0 saturated heterocycles. The molecule has 3 N–H and O–H groups in total. The van der Waals surface area contributed by atoms with E-state index in [4.69, 9.17) is 18.9 Å². The first kappa shape index (κ1) is 39.6. The number of aromatic hydroxyl groups is 2. The van der Waals surface area contributed by atoms with E-state index in [1.54, 1.807) is 31.2 Å². The first-order valence-corrected chi connectivity index (χ1v) is 18.5. The number of carbonyl (C=O) groups is 3. The number of phenolic OH excluding ortho intramolecular Hbond substituents is 2. The number of pyridine rings is 1. The standard InChI is InChI=1S/C41H50N4O9/c1-26-14-13-17-29(46)16-8-5-7-15-27-22-31(47)38(39(49)37(27)41(50)54-26)30(28-23-32(51-2)40(53-4)33(24-28)52-3)25-36(48)42-20-11-6-9-18-34-43-44-35-19-10-12-21-45(34)35/h7,10,12,15,19,21-24,26,30,47,49H,5-6,8-9,11,13-14,16-18,20,25H2,1-4H3,(H,42,48)/t26-,30?/m0/s1. The maximum Gasteiger partial charge on any atom is 0.342 e. The van der Waals surface area contributed by atoms with Crippen molar-refractivity contribution in [1.29, 1.82) is 0 Å². The minimum atomic E-state index is -0.960. The van der Waals surface area contributed by atoms with Crippen LogP contribution in [0.25, 0.3) is 11.7 Å². The summed E-state index contributed by atoms with van der Waals surface area (Å²) < 4.78 is 24.5. The fourth-order valence-electron chi connectivity index (χ4n) is 6.84. The Kier molecular flexibility index (Phi) is 13.9. The van der Waals surface area contributed by atoms with E-state index in [-0.39, 0.29) is 40.6 Å². The van der Waals surface area contributed by atoms with Gasteiger partial charge in [0.25, 0.3) is 0 Å². The number of esters is 1.